The summed E-state index contributed by atoms with van der Waals surface area (Å²) < 4.78 is 0. The Balaban J connectivity index is 3.03. The maximum atomic E-state index is 12.5. The quantitative estimate of drug-likeness (QED) is 0.496. The molecule has 0 aliphatic carbocycles. The summed E-state index contributed by atoms with van der Waals surface area (Å²) in [7, 11) is 0. The number of rotatable bonds is 6. The van der Waals surface area contributed by atoms with Crippen LogP contribution in [0.2, 0.25) is 0 Å². The van der Waals surface area contributed by atoms with Crippen LogP contribution in [0.1, 0.15) is 38.1 Å². The van der Waals surface area contributed by atoms with Crippen LogP contribution in [0.3, 0.4) is 0 Å². The highest BCUT2D eigenvalue weighted by Gasteiger charge is 2.20. The average molecular weight is 293 g/mol. The van der Waals surface area contributed by atoms with E-state index < -0.39 is 4.92 Å². The van der Waals surface area contributed by atoms with Crippen molar-refractivity contribution in [1.82, 2.24) is 4.90 Å². The average Bonchev–Trinajstić information content (AvgIpc) is 2.35. The summed E-state index contributed by atoms with van der Waals surface area (Å²) >= 11 is 0. The Morgan fingerprint density at radius 1 is 1.24 bits per heavy atom. The molecule has 116 valence electrons. The van der Waals surface area contributed by atoms with Crippen LogP contribution in [0.4, 0.5) is 11.4 Å². The first-order valence-corrected chi connectivity index (χ1v) is 7.05. The van der Waals surface area contributed by atoms with E-state index in [9.17, 15) is 14.9 Å². The first-order chi connectivity index (χ1) is 9.72. The van der Waals surface area contributed by atoms with E-state index in [0.717, 1.165) is 0 Å². The van der Waals surface area contributed by atoms with Crippen molar-refractivity contribution in [2.45, 2.75) is 27.7 Å². The minimum Gasteiger partial charge on any atom is -0.393 e. The van der Waals surface area contributed by atoms with E-state index in [0.29, 0.717) is 30.5 Å². The molecule has 0 saturated heterocycles. The fourth-order valence-electron chi connectivity index (χ4n) is 2.16. The van der Waals surface area contributed by atoms with Crippen LogP contribution in [-0.2, 0) is 0 Å². The molecule has 0 bridgehead atoms. The summed E-state index contributed by atoms with van der Waals surface area (Å²) in [6.07, 6.45) is 0. The predicted octanol–water partition coefficient (Wildman–Crippen LogP) is 2.93. The number of anilines is 1. The molecular weight excluding hydrogens is 270 g/mol. The Labute approximate surface area is 125 Å². The van der Waals surface area contributed by atoms with Crippen molar-refractivity contribution in [3.05, 3.63) is 33.9 Å². The van der Waals surface area contributed by atoms with Gasteiger partial charge in [0.05, 0.1) is 4.92 Å². The van der Waals surface area contributed by atoms with Crippen molar-refractivity contribution in [3.8, 4) is 0 Å². The van der Waals surface area contributed by atoms with Crippen molar-refractivity contribution in [1.29, 1.82) is 0 Å². The molecule has 1 aromatic carbocycles. The second-order valence-electron chi connectivity index (χ2n) is 6.03. The molecule has 2 N–H and O–H groups in total. The molecule has 0 fully saturated rings. The minimum atomic E-state index is -0.552. The summed E-state index contributed by atoms with van der Waals surface area (Å²) in [6.45, 7) is 9.48. The van der Waals surface area contributed by atoms with Gasteiger partial charge in [-0.05, 0) is 24.0 Å². The Morgan fingerprint density at radius 2 is 1.76 bits per heavy atom. The van der Waals surface area contributed by atoms with Crippen molar-refractivity contribution in [2.24, 2.45) is 11.8 Å². The molecule has 0 radical (unpaired) electrons. The highest BCUT2D eigenvalue weighted by Crippen LogP contribution is 2.23. The van der Waals surface area contributed by atoms with Crippen molar-refractivity contribution < 1.29 is 9.72 Å². The predicted molar refractivity (Wildman–Crippen MR) is 83.1 cm³/mol. The minimum absolute atomic E-state index is 0.0138. The van der Waals surface area contributed by atoms with Gasteiger partial charge in [-0.25, -0.2) is 0 Å². The van der Waals surface area contributed by atoms with Crippen molar-refractivity contribution >= 4 is 17.3 Å². The number of hydrogen-bond donors (Lipinski definition) is 1. The van der Waals surface area contributed by atoms with Gasteiger partial charge in [0.15, 0.2) is 0 Å². The van der Waals surface area contributed by atoms with Gasteiger partial charge in [-0.15, -0.1) is 0 Å². The van der Waals surface area contributed by atoms with Gasteiger partial charge in [0.2, 0.25) is 0 Å². The van der Waals surface area contributed by atoms with Crippen LogP contribution >= 0.6 is 0 Å². The lowest BCUT2D eigenvalue weighted by Gasteiger charge is -2.26. The van der Waals surface area contributed by atoms with Crippen LogP contribution in [0.15, 0.2) is 18.2 Å². The smallest absolute Gasteiger partial charge is 0.292 e. The lowest BCUT2D eigenvalue weighted by atomic mass is 10.1. The van der Waals surface area contributed by atoms with E-state index >= 15 is 0 Å². The van der Waals surface area contributed by atoms with E-state index in [1.54, 1.807) is 4.90 Å². The van der Waals surface area contributed by atoms with Gasteiger partial charge in [0.25, 0.3) is 11.6 Å². The number of benzene rings is 1. The molecule has 1 rings (SSSR count). The zero-order valence-corrected chi connectivity index (χ0v) is 13.0. The fraction of sp³-hybridized carbons (Fsp3) is 0.533. The maximum Gasteiger partial charge on any atom is 0.292 e. The van der Waals surface area contributed by atoms with Gasteiger partial charge in [-0.3, -0.25) is 14.9 Å². The molecule has 0 heterocycles. The van der Waals surface area contributed by atoms with Crippen LogP contribution in [0, 0.1) is 22.0 Å². The van der Waals surface area contributed by atoms with Crippen molar-refractivity contribution in [2.75, 3.05) is 18.8 Å². The van der Waals surface area contributed by atoms with Gasteiger partial charge in [-0.1, -0.05) is 27.7 Å². The number of nitrogens with zero attached hydrogens (tertiary/aromatic N) is 2. The zero-order valence-electron chi connectivity index (χ0n) is 13.0. The van der Waals surface area contributed by atoms with Crippen LogP contribution in [0.25, 0.3) is 0 Å². The lowest BCUT2D eigenvalue weighted by Crippen LogP contribution is -2.37. The molecular formula is C15H23N3O3. The zero-order chi connectivity index (χ0) is 16.2. The molecule has 21 heavy (non-hydrogen) atoms. The number of nitrogens with two attached hydrogens (primary N) is 1. The first kappa shape index (κ1) is 16.9. The normalized spacial score (nSPS) is 11.0. The number of nitro groups is 1. The summed E-state index contributed by atoms with van der Waals surface area (Å²) in [4.78, 5) is 24.5. The second kappa shape index (κ2) is 7.06. The number of hydrogen-bond acceptors (Lipinski definition) is 4. The molecule has 1 amide bonds. The third kappa shape index (κ3) is 4.73. The van der Waals surface area contributed by atoms with E-state index in [1.807, 2.05) is 27.7 Å². The number of nitro benzene ring substituents is 1. The molecule has 0 unspecified atom stereocenters. The fourth-order valence-corrected chi connectivity index (χ4v) is 2.16. The largest absolute Gasteiger partial charge is 0.393 e. The molecule has 0 saturated carbocycles. The number of amides is 1. The second-order valence-corrected chi connectivity index (χ2v) is 6.03. The van der Waals surface area contributed by atoms with Crippen LogP contribution < -0.4 is 5.73 Å². The monoisotopic (exact) mass is 293 g/mol. The lowest BCUT2D eigenvalue weighted by molar-refractivity contribution is -0.383. The van der Waals surface area contributed by atoms with E-state index in [-0.39, 0.29) is 17.3 Å². The molecule has 0 aliphatic rings. The molecule has 1 aromatic rings. The van der Waals surface area contributed by atoms with Crippen LogP contribution in [-0.4, -0.2) is 28.8 Å². The molecule has 0 spiro atoms. The summed E-state index contributed by atoms with van der Waals surface area (Å²) in [5.74, 6) is 0.560. The SMILES string of the molecule is CC(C)CN(CC(C)C)C(=O)c1ccc([N+](=O)[O-])c(N)c1. The van der Waals surface area contributed by atoms with Gasteiger partial charge >= 0.3 is 0 Å². The third-order valence-electron chi connectivity index (χ3n) is 2.93. The highest BCUT2D eigenvalue weighted by molar-refractivity contribution is 5.95. The van der Waals surface area contributed by atoms with Gasteiger partial charge in [0.1, 0.15) is 5.69 Å². The Kier molecular flexibility index (Phi) is 5.69. The Hall–Kier alpha value is -2.11. The van der Waals surface area contributed by atoms with Crippen molar-refractivity contribution in [3.63, 3.8) is 0 Å². The Bertz CT molecular complexity index is 517. The van der Waals surface area contributed by atoms with Gasteiger partial charge in [0, 0.05) is 24.7 Å². The molecule has 6 nitrogen and oxygen atoms in total. The van der Waals surface area contributed by atoms with E-state index in [1.165, 1.54) is 18.2 Å². The number of carbonyl (C=O) groups excluding carboxylic acids is 1. The van der Waals surface area contributed by atoms with E-state index in [4.69, 9.17) is 5.73 Å². The summed E-state index contributed by atoms with van der Waals surface area (Å²) in [6, 6.07) is 4.13. The number of carbonyl (C=O) groups is 1. The highest BCUT2D eigenvalue weighted by atomic mass is 16.6. The Morgan fingerprint density at radius 3 is 2.14 bits per heavy atom. The molecule has 0 atom stereocenters. The molecule has 6 heteroatoms. The van der Waals surface area contributed by atoms with Gasteiger partial charge in [-0.2, -0.15) is 0 Å². The standard InChI is InChI=1S/C15H23N3O3/c1-10(2)8-17(9-11(3)4)15(19)12-5-6-14(18(20)21)13(16)7-12/h5-7,10-11H,8-9,16H2,1-4H3. The molecule has 0 aromatic heterocycles. The first-order valence-electron chi connectivity index (χ1n) is 7.05. The third-order valence-corrected chi connectivity index (χ3v) is 2.93. The number of nitrogen functional groups attached to an aromatic ring is 1. The summed E-state index contributed by atoms with van der Waals surface area (Å²) in [5, 5.41) is 10.8. The topological polar surface area (TPSA) is 89.5 Å². The van der Waals surface area contributed by atoms with Gasteiger partial charge < -0.3 is 10.6 Å². The maximum absolute atomic E-state index is 12.5. The van der Waals surface area contributed by atoms with Crippen LogP contribution in [0.5, 0.6) is 0 Å². The molecule has 0 aliphatic heterocycles. The van der Waals surface area contributed by atoms with E-state index in [2.05, 4.69) is 0 Å². The summed E-state index contributed by atoms with van der Waals surface area (Å²) in [5.41, 5.74) is 5.88.